The summed E-state index contributed by atoms with van der Waals surface area (Å²) in [6, 6.07) is 20.3. The van der Waals surface area contributed by atoms with Crippen molar-refractivity contribution in [2.75, 3.05) is 11.8 Å². The number of anilines is 1. The van der Waals surface area contributed by atoms with E-state index < -0.39 is 16.0 Å². The van der Waals surface area contributed by atoms with Crippen molar-refractivity contribution in [1.29, 1.82) is 0 Å². The molecule has 0 atom stereocenters. The minimum Gasteiger partial charge on any atom is -0.465 e. The Morgan fingerprint density at radius 3 is 2.48 bits per heavy atom. The molecule has 1 aromatic heterocycles. The van der Waals surface area contributed by atoms with E-state index in [1.807, 2.05) is 30.3 Å². The molecule has 0 aliphatic heterocycles. The molecule has 0 radical (unpaired) electrons. The van der Waals surface area contributed by atoms with Gasteiger partial charge in [-0.1, -0.05) is 53.8 Å². The predicted molar refractivity (Wildman–Crippen MR) is 120 cm³/mol. The molecule has 0 saturated heterocycles. The van der Waals surface area contributed by atoms with E-state index in [1.54, 1.807) is 22.8 Å². The smallest absolute Gasteiger partial charge is 0.339 e. The SMILES string of the molecule is COC(=O)c1ccccc1NS(=O)(=O)c1ccc2c(c1)sc(=O)n2Cc1ccccc1. The molecule has 3 aromatic carbocycles. The zero-order valence-electron chi connectivity index (χ0n) is 16.4. The van der Waals surface area contributed by atoms with Gasteiger partial charge in [0, 0.05) is 0 Å². The third-order valence-electron chi connectivity index (χ3n) is 4.71. The van der Waals surface area contributed by atoms with Crippen LogP contribution in [0.2, 0.25) is 0 Å². The van der Waals surface area contributed by atoms with Crippen LogP contribution in [0.5, 0.6) is 0 Å². The van der Waals surface area contributed by atoms with E-state index in [1.165, 1.54) is 31.4 Å². The third kappa shape index (κ3) is 4.23. The molecule has 0 amide bonds. The number of benzene rings is 3. The van der Waals surface area contributed by atoms with Crippen LogP contribution < -0.4 is 9.60 Å². The standard InChI is InChI=1S/C22H18N2O5S2/c1-29-21(25)17-9-5-6-10-18(17)23-31(27,28)16-11-12-19-20(13-16)30-22(26)24(19)14-15-7-3-2-4-8-15/h2-13,23H,14H2,1H3. The number of hydrogen-bond donors (Lipinski definition) is 1. The van der Waals surface area contributed by atoms with Crippen molar-refractivity contribution in [2.24, 2.45) is 0 Å². The fourth-order valence-electron chi connectivity index (χ4n) is 3.19. The van der Waals surface area contributed by atoms with Crippen LogP contribution in [-0.2, 0) is 21.3 Å². The van der Waals surface area contributed by atoms with Crippen LogP contribution in [0.25, 0.3) is 10.2 Å². The zero-order chi connectivity index (χ0) is 22.0. The van der Waals surface area contributed by atoms with E-state index in [9.17, 15) is 18.0 Å². The van der Waals surface area contributed by atoms with Gasteiger partial charge in [0.15, 0.2) is 0 Å². The lowest BCUT2D eigenvalue weighted by atomic mass is 10.2. The number of para-hydroxylation sites is 1. The van der Waals surface area contributed by atoms with Gasteiger partial charge in [-0.15, -0.1) is 0 Å². The molecule has 0 saturated carbocycles. The number of fused-ring (bicyclic) bond motifs is 1. The summed E-state index contributed by atoms with van der Waals surface area (Å²) in [5, 5.41) is 0. The molecule has 31 heavy (non-hydrogen) atoms. The first-order valence-electron chi connectivity index (χ1n) is 9.26. The van der Waals surface area contributed by atoms with Gasteiger partial charge < -0.3 is 4.74 Å². The van der Waals surface area contributed by atoms with Gasteiger partial charge in [-0.2, -0.15) is 0 Å². The monoisotopic (exact) mass is 454 g/mol. The van der Waals surface area contributed by atoms with Gasteiger partial charge in [0.05, 0.1) is 40.0 Å². The van der Waals surface area contributed by atoms with Crippen LogP contribution >= 0.6 is 11.3 Å². The summed E-state index contributed by atoms with van der Waals surface area (Å²) in [7, 11) is -2.77. The van der Waals surface area contributed by atoms with Crippen molar-refractivity contribution in [2.45, 2.75) is 11.4 Å². The highest BCUT2D eigenvalue weighted by molar-refractivity contribution is 7.92. The molecule has 0 fully saturated rings. The summed E-state index contributed by atoms with van der Waals surface area (Å²) in [5.41, 5.74) is 1.85. The van der Waals surface area contributed by atoms with Crippen LogP contribution in [0, 0.1) is 0 Å². The van der Waals surface area contributed by atoms with E-state index in [2.05, 4.69) is 4.72 Å². The molecule has 0 aliphatic rings. The second-order valence-corrected chi connectivity index (χ2v) is 9.39. The highest BCUT2D eigenvalue weighted by Gasteiger charge is 2.20. The molecule has 0 aliphatic carbocycles. The number of esters is 1. The van der Waals surface area contributed by atoms with Crippen LogP contribution in [0.1, 0.15) is 15.9 Å². The number of sulfonamides is 1. The summed E-state index contributed by atoms with van der Waals surface area (Å²) >= 11 is 0.987. The number of thiazole rings is 1. The molecule has 4 aromatic rings. The average molecular weight is 455 g/mol. The summed E-state index contributed by atoms with van der Waals surface area (Å²) in [5.74, 6) is -0.648. The lowest BCUT2D eigenvalue weighted by Gasteiger charge is -2.11. The maximum atomic E-state index is 12.9. The highest BCUT2D eigenvalue weighted by atomic mass is 32.2. The van der Waals surface area contributed by atoms with Crippen molar-refractivity contribution < 1.29 is 17.9 Å². The fraction of sp³-hybridized carbons (Fsp3) is 0.0909. The number of ether oxygens (including phenoxy) is 1. The van der Waals surface area contributed by atoms with Gasteiger partial charge in [0.2, 0.25) is 0 Å². The summed E-state index contributed by atoms with van der Waals surface area (Å²) in [4.78, 5) is 24.3. The lowest BCUT2D eigenvalue weighted by molar-refractivity contribution is 0.0602. The van der Waals surface area contributed by atoms with Crippen LogP contribution in [0.15, 0.2) is 82.5 Å². The molecular formula is C22H18N2O5S2. The Bertz CT molecular complexity index is 1420. The second kappa shape index (κ2) is 8.37. The largest absolute Gasteiger partial charge is 0.465 e. The van der Waals surface area contributed by atoms with Gasteiger partial charge in [0.1, 0.15) is 0 Å². The van der Waals surface area contributed by atoms with E-state index in [4.69, 9.17) is 4.74 Å². The molecule has 4 rings (SSSR count). The number of rotatable bonds is 6. The Morgan fingerprint density at radius 2 is 1.74 bits per heavy atom. The highest BCUT2D eigenvalue weighted by Crippen LogP contribution is 2.25. The molecule has 1 heterocycles. The average Bonchev–Trinajstić information content (AvgIpc) is 3.08. The first-order valence-corrected chi connectivity index (χ1v) is 11.6. The molecule has 158 valence electrons. The molecule has 0 spiro atoms. The van der Waals surface area contributed by atoms with E-state index in [0.29, 0.717) is 16.8 Å². The quantitative estimate of drug-likeness (QED) is 0.448. The Morgan fingerprint density at radius 1 is 1.03 bits per heavy atom. The fourth-order valence-corrected chi connectivity index (χ4v) is 5.30. The number of nitrogens with zero attached hydrogens (tertiary/aromatic N) is 1. The number of nitrogens with one attached hydrogen (secondary N) is 1. The first-order chi connectivity index (χ1) is 14.9. The number of carbonyl (C=O) groups is 1. The number of methoxy groups -OCH3 is 1. The maximum Gasteiger partial charge on any atom is 0.339 e. The maximum absolute atomic E-state index is 12.9. The van der Waals surface area contributed by atoms with Gasteiger partial charge >= 0.3 is 10.8 Å². The van der Waals surface area contributed by atoms with Crippen molar-refractivity contribution in [3.05, 3.63) is 93.6 Å². The summed E-state index contributed by atoms with van der Waals surface area (Å²) < 4.78 is 35.2. The van der Waals surface area contributed by atoms with Crippen molar-refractivity contribution in [1.82, 2.24) is 4.57 Å². The van der Waals surface area contributed by atoms with E-state index >= 15 is 0 Å². The summed E-state index contributed by atoms with van der Waals surface area (Å²) in [6.45, 7) is 0.399. The lowest BCUT2D eigenvalue weighted by Crippen LogP contribution is -2.16. The van der Waals surface area contributed by atoms with Crippen molar-refractivity contribution in [3.63, 3.8) is 0 Å². The van der Waals surface area contributed by atoms with Crippen LogP contribution in [0.3, 0.4) is 0 Å². The normalized spacial score (nSPS) is 11.4. The molecule has 9 heteroatoms. The minimum atomic E-state index is -3.99. The van der Waals surface area contributed by atoms with Gasteiger partial charge in [-0.3, -0.25) is 14.1 Å². The molecule has 1 N–H and O–H groups in total. The Balaban J connectivity index is 1.69. The number of aromatic nitrogens is 1. The second-order valence-electron chi connectivity index (χ2n) is 6.71. The van der Waals surface area contributed by atoms with Crippen molar-refractivity contribution in [3.8, 4) is 0 Å². The van der Waals surface area contributed by atoms with Gasteiger partial charge in [-0.05, 0) is 35.9 Å². The molecule has 7 nitrogen and oxygen atoms in total. The third-order valence-corrected chi connectivity index (χ3v) is 7.02. The first kappa shape index (κ1) is 20.8. The van der Waals surface area contributed by atoms with E-state index in [0.717, 1.165) is 16.9 Å². The van der Waals surface area contributed by atoms with Crippen LogP contribution in [-0.4, -0.2) is 26.1 Å². The topological polar surface area (TPSA) is 94.5 Å². The van der Waals surface area contributed by atoms with Gasteiger partial charge in [0.25, 0.3) is 10.0 Å². The predicted octanol–water partition coefficient (Wildman–Crippen LogP) is 3.70. The number of carbonyl (C=O) groups excluding carboxylic acids is 1. The molecule has 0 unspecified atom stereocenters. The zero-order valence-corrected chi connectivity index (χ0v) is 18.1. The Kier molecular flexibility index (Phi) is 5.62. The van der Waals surface area contributed by atoms with Crippen LogP contribution in [0.4, 0.5) is 5.69 Å². The molecular weight excluding hydrogens is 436 g/mol. The minimum absolute atomic E-state index is 0.00669. The Hall–Kier alpha value is -3.43. The Labute approximate surface area is 182 Å². The molecule has 0 bridgehead atoms. The van der Waals surface area contributed by atoms with E-state index in [-0.39, 0.29) is 21.0 Å². The van der Waals surface area contributed by atoms with Gasteiger partial charge in [-0.25, -0.2) is 13.2 Å². The summed E-state index contributed by atoms with van der Waals surface area (Å²) in [6.07, 6.45) is 0. The number of hydrogen-bond acceptors (Lipinski definition) is 6. The van der Waals surface area contributed by atoms with Crippen molar-refractivity contribution >= 4 is 43.2 Å².